The summed E-state index contributed by atoms with van der Waals surface area (Å²) >= 11 is 0. The number of aryl methyl sites for hydroxylation is 2. The molecule has 0 aliphatic rings. The number of hydrogen-bond donors (Lipinski definition) is 1. The van der Waals surface area contributed by atoms with Crippen molar-refractivity contribution in [2.75, 3.05) is 0 Å². The quantitative estimate of drug-likeness (QED) is 0.760. The number of hydrogen-bond acceptors (Lipinski definition) is 3. The number of fused-ring (bicyclic) bond motifs is 1. The number of para-hydroxylation sites is 1. The van der Waals surface area contributed by atoms with Crippen molar-refractivity contribution in [1.29, 1.82) is 0 Å². The molecule has 0 saturated carbocycles. The van der Waals surface area contributed by atoms with Gasteiger partial charge in [0.1, 0.15) is 17.6 Å². The first-order valence-corrected chi connectivity index (χ1v) is 6.25. The minimum absolute atomic E-state index is 0.699. The van der Waals surface area contributed by atoms with E-state index in [-0.39, 0.29) is 0 Å². The molecule has 3 rings (SSSR count). The molecule has 3 aromatic rings. The topological polar surface area (TPSA) is 46.3 Å². The van der Waals surface area contributed by atoms with Gasteiger partial charge in [0.15, 0.2) is 0 Å². The predicted octanol–water partition coefficient (Wildman–Crippen LogP) is 3.53. The molecule has 0 fully saturated rings. The van der Waals surface area contributed by atoms with Crippen molar-refractivity contribution >= 4 is 10.9 Å². The molecule has 96 valence electrons. The fourth-order valence-electron chi connectivity index (χ4n) is 2.34. The van der Waals surface area contributed by atoms with Gasteiger partial charge in [0.05, 0.1) is 5.52 Å². The number of aliphatic hydroxyl groups is 1. The molecule has 0 bridgehead atoms. The molecule has 19 heavy (non-hydrogen) atoms. The molecule has 2 aromatic heterocycles. The average molecular weight is 253 g/mol. The number of aliphatic hydroxyl groups excluding tert-OH is 1. The summed E-state index contributed by atoms with van der Waals surface area (Å²) in [5.41, 5.74) is 2.51. The number of pyridine rings is 1. The van der Waals surface area contributed by atoms with Gasteiger partial charge in [-0.25, -0.2) is 0 Å². The molecule has 1 aromatic carbocycles. The molecular formula is C16H15NO2. The minimum atomic E-state index is -0.699. The Balaban J connectivity index is 2.06. The van der Waals surface area contributed by atoms with E-state index in [0.29, 0.717) is 0 Å². The van der Waals surface area contributed by atoms with Gasteiger partial charge in [0, 0.05) is 22.7 Å². The fraction of sp³-hybridized carbons (Fsp3) is 0.188. The second kappa shape index (κ2) is 4.52. The molecule has 1 unspecified atom stereocenters. The molecular weight excluding hydrogens is 238 g/mol. The van der Waals surface area contributed by atoms with E-state index in [0.717, 1.165) is 33.6 Å². The Hall–Kier alpha value is -2.13. The van der Waals surface area contributed by atoms with Gasteiger partial charge in [0.25, 0.3) is 0 Å². The van der Waals surface area contributed by atoms with Crippen LogP contribution in [-0.4, -0.2) is 10.1 Å². The molecule has 3 heteroatoms. The molecule has 0 aliphatic heterocycles. The maximum Gasteiger partial charge on any atom is 0.109 e. The van der Waals surface area contributed by atoms with E-state index in [2.05, 4.69) is 4.98 Å². The fourth-order valence-corrected chi connectivity index (χ4v) is 2.34. The summed E-state index contributed by atoms with van der Waals surface area (Å²) in [4.78, 5) is 4.37. The number of benzene rings is 1. The second-order valence-electron chi connectivity index (χ2n) is 4.73. The first-order valence-electron chi connectivity index (χ1n) is 6.25. The highest BCUT2D eigenvalue weighted by molar-refractivity contribution is 5.78. The molecule has 2 heterocycles. The third-order valence-electron chi connectivity index (χ3n) is 3.30. The van der Waals surface area contributed by atoms with Gasteiger partial charge in [-0.1, -0.05) is 18.2 Å². The molecule has 0 saturated heterocycles. The van der Waals surface area contributed by atoms with Crippen LogP contribution in [0.4, 0.5) is 0 Å². The van der Waals surface area contributed by atoms with Crippen LogP contribution in [0.15, 0.2) is 47.0 Å². The summed E-state index contributed by atoms with van der Waals surface area (Å²) in [5.74, 6) is 1.55. The SMILES string of the molecule is Cc1cc(C(O)c2cnc3ccccc3c2)c(C)o1. The van der Waals surface area contributed by atoms with Crippen LogP contribution in [0.5, 0.6) is 0 Å². The maximum atomic E-state index is 10.4. The summed E-state index contributed by atoms with van der Waals surface area (Å²) in [7, 11) is 0. The highest BCUT2D eigenvalue weighted by atomic mass is 16.3. The van der Waals surface area contributed by atoms with Gasteiger partial charge in [-0.05, 0) is 32.0 Å². The van der Waals surface area contributed by atoms with Crippen molar-refractivity contribution in [2.45, 2.75) is 20.0 Å². The van der Waals surface area contributed by atoms with Crippen molar-refractivity contribution in [3.63, 3.8) is 0 Å². The number of nitrogens with zero attached hydrogens (tertiary/aromatic N) is 1. The number of aromatic nitrogens is 1. The molecule has 0 spiro atoms. The Bertz CT molecular complexity index is 730. The van der Waals surface area contributed by atoms with Gasteiger partial charge in [-0.3, -0.25) is 4.98 Å². The van der Waals surface area contributed by atoms with Crippen molar-refractivity contribution < 1.29 is 9.52 Å². The van der Waals surface area contributed by atoms with Gasteiger partial charge in [-0.15, -0.1) is 0 Å². The van der Waals surface area contributed by atoms with Crippen molar-refractivity contribution in [3.8, 4) is 0 Å². The molecule has 3 nitrogen and oxygen atoms in total. The Kier molecular flexibility index (Phi) is 2.84. The zero-order valence-electron chi connectivity index (χ0n) is 10.9. The summed E-state index contributed by atoms with van der Waals surface area (Å²) in [6.07, 6.45) is 1.02. The predicted molar refractivity (Wildman–Crippen MR) is 74.0 cm³/mol. The van der Waals surface area contributed by atoms with Crippen molar-refractivity contribution in [2.24, 2.45) is 0 Å². The Morgan fingerprint density at radius 2 is 1.95 bits per heavy atom. The highest BCUT2D eigenvalue weighted by Crippen LogP contribution is 2.28. The van der Waals surface area contributed by atoms with E-state index < -0.39 is 6.10 Å². The van der Waals surface area contributed by atoms with E-state index >= 15 is 0 Å². The third-order valence-corrected chi connectivity index (χ3v) is 3.30. The Morgan fingerprint density at radius 3 is 2.68 bits per heavy atom. The van der Waals surface area contributed by atoms with Crippen molar-refractivity contribution in [1.82, 2.24) is 4.98 Å². The van der Waals surface area contributed by atoms with Crippen LogP contribution in [-0.2, 0) is 0 Å². The normalized spacial score (nSPS) is 12.8. The summed E-state index contributed by atoms with van der Waals surface area (Å²) in [6, 6.07) is 11.7. The van der Waals surface area contributed by atoms with Crippen LogP contribution in [0, 0.1) is 13.8 Å². The van der Waals surface area contributed by atoms with E-state index in [9.17, 15) is 5.11 Å². The molecule has 1 N–H and O–H groups in total. The van der Waals surface area contributed by atoms with Crippen LogP contribution in [0.3, 0.4) is 0 Å². The first kappa shape index (κ1) is 11.9. The monoisotopic (exact) mass is 253 g/mol. The molecule has 0 aliphatic carbocycles. The van der Waals surface area contributed by atoms with E-state index in [1.807, 2.05) is 50.2 Å². The van der Waals surface area contributed by atoms with Crippen molar-refractivity contribution in [3.05, 3.63) is 65.2 Å². The van der Waals surface area contributed by atoms with E-state index in [4.69, 9.17) is 4.42 Å². The summed E-state index contributed by atoms with van der Waals surface area (Å²) in [5, 5.41) is 11.5. The summed E-state index contributed by atoms with van der Waals surface area (Å²) in [6.45, 7) is 3.74. The Labute approximate surface area is 111 Å². The van der Waals surface area contributed by atoms with Crippen LogP contribution < -0.4 is 0 Å². The van der Waals surface area contributed by atoms with Crippen LogP contribution in [0.1, 0.15) is 28.8 Å². The van der Waals surface area contributed by atoms with Gasteiger partial charge in [-0.2, -0.15) is 0 Å². The average Bonchev–Trinajstić information content (AvgIpc) is 2.76. The Morgan fingerprint density at radius 1 is 1.16 bits per heavy atom. The standard InChI is InChI=1S/C16H15NO2/c1-10-7-14(11(2)19-10)16(18)13-8-12-5-3-4-6-15(12)17-9-13/h3-9,16,18H,1-2H3. The van der Waals surface area contributed by atoms with Gasteiger partial charge >= 0.3 is 0 Å². The molecule has 1 atom stereocenters. The van der Waals surface area contributed by atoms with Crippen LogP contribution in [0.25, 0.3) is 10.9 Å². The lowest BCUT2D eigenvalue weighted by Crippen LogP contribution is -2.00. The van der Waals surface area contributed by atoms with Gasteiger partial charge < -0.3 is 9.52 Å². The molecule has 0 amide bonds. The van der Waals surface area contributed by atoms with E-state index in [1.165, 1.54) is 0 Å². The van der Waals surface area contributed by atoms with Crippen LogP contribution >= 0.6 is 0 Å². The van der Waals surface area contributed by atoms with Crippen LogP contribution in [0.2, 0.25) is 0 Å². The highest BCUT2D eigenvalue weighted by Gasteiger charge is 2.17. The lowest BCUT2D eigenvalue weighted by molar-refractivity contribution is 0.217. The largest absolute Gasteiger partial charge is 0.466 e. The lowest BCUT2D eigenvalue weighted by atomic mass is 10.0. The maximum absolute atomic E-state index is 10.4. The number of rotatable bonds is 2. The minimum Gasteiger partial charge on any atom is -0.466 e. The van der Waals surface area contributed by atoms with Gasteiger partial charge in [0.2, 0.25) is 0 Å². The number of furan rings is 1. The third kappa shape index (κ3) is 2.13. The van der Waals surface area contributed by atoms with E-state index in [1.54, 1.807) is 6.20 Å². The lowest BCUT2D eigenvalue weighted by Gasteiger charge is -2.10. The first-order chi connectivity index (χ1) is 9.15. The zero-order chi connectivity index (χ0) is 13.4. The smallest absolute Gasteiger partial charge is 0.109 e. The zero-order valence-corrected chi connectivity index (χ0v) is 10.9. The second-order valence-corrected chi connectivity index (χ2v) is 4.73. The molecule has 0 radical (unpaired) electrons. The summed E-state index contributed by atoms with van der Waals surface area (Å²) < 4.78 is 5.46.